The average molecular weight is 390 g/mol. The SMILES string of the molecule is O=C(NCc1ccc2c(c1)OCO2)N1CCN(c2cccc3cccnc23)CC1. The molecule has 1 fully saturated rings. The molecule has 7 heteroatoms. The molecule has 0 saturated carbocycles. The molecule has 2 aliphatic heterocycles. The third kappa shape index (κ3) is 3.51. The fraction of sp³-hybridized carbons (Fsp3) is 0.273. The first-order valence-electron chi connectivity index (χ1n) is 9.78. The van der Waals surface area contributed by atoms with Crippen molar-refractivity contribution in [1.29, 1.82) is 0 Å². The van der Waals surface area contributed by atoms with Crippen LogP contribution in [-0.2, 0) is 6.54 Å². The van der Waals surface area contributed by atoms with Crippen LogP contribution in [0.4, 0.5) is 10.5 Å². The van der Waals surface area contributed by atoms with E-state index in [-0.39, 0.29) is 12.8 Å². The van der Waals surface area contributed by atoms with Gasteiger partial charge in [0.25, 0.3) is 0 Å². The second-order valence-corrected chi connectivity index (χ2v) is 7.17. The van der Waals surface area contributed by atoms with Crippen molar-refractivity contribution >= 4 is 22.6 Å². The zero-order valence-corrected chi connectivity index (χ0v) is 16.0. The lowest BCUT2D eigenvalue weighted by Crippen LogP contribution is -2.51. The summed E-state index contributed by atoms with van der Waals surface area (Å²) in [5.74, 6) is 1.48. The van der Waals surface area contributed by atoms with Crippen LogP contribution in [0, 0.1) is 0 Å². The van der Waals surface area contributed by atoms with Crippen LogP contribution in [-0.4, -0.2) is 48.9 Å². The number of carbonyl (C=O) groups excluding carboxylic acids is 1. The van der Waals surface area contributed by atoms with Crippen molar-refractivity contribution < 1.29 is 14.3 Å². The first-order valence-corrected chi connectivity index (χ1v) is 9.78. The van der Waals surface area contributed by atoms with E-state index in [9.17, 15) is 4.79 Å². The summed E-state index contributed by atoms with van der Waals surface area (Å²) in [6.45, 7) is 3.64. The van der Waals surface area contributed by atoms with Crippen molar-refractivity contribution in [2.24, 2.45) is 0 Å². The molecule has 0 spiro atoms. The summed E-state index contributed by atoms with van der Waals surface area (Å²) in [4.78, 5) is 21.3. The smallest absolute Gasteiger partial charge is 0.317 e. The van der Waals surface area contributed by atoms with Crippen molar-refractivity contribution in [1.82, 2.24) is 15.2 Å². The Morgan fingerprint density at radius 1 is 1.00 bits per heavy atom. The molecule has 0 radical (unpaired) electrons. The lowest BCUT2D eigenvalue weighted by molar-refractivity contribution is 0.174. The molecule has 2 aliphatic rings. The number of amides is 2. The van der Waals surface area contributed by atoms with Gasteiger partial charge in [0.05, 0.1) is 11.2 Å². The monoisotopic (exact) mass is 390 g/mol. The summed E-state index contributed by atoms with van der Waals surface area (Å²) in [5, 5.41) is 4.14. The number of ether oxygens (including phenoxy) is 2. The maximum Gasteiger partial charge on any atom is 0.317 e. The molecule has 7 nitrogen and oxygen atoms in total. The number of benzene rings is 2. The predicted octanol–water partition coefficient (Wildman–Crippen LogP) is 3.00. The largest absolute Gasteiger partial charge is 0.454 e. The number of hydrogen-bond donors (Lipinski definition) is 1. The summed E-state index contributed by atoms with van der Waals surface area (Å²) in [6, 6.07) is 16.0. The topological polar surface area (TPSA) is 66.9 Å². The molecular weight excluding hydrogens is 368 g/mol. The van der Waals surface area contributed by atoms with E-state index in [2.05, 4.69) is 39.5 Å². The van der Waals surface area contributed by atoms with Crippen LogP contribution < -0.4 is 19.7 Å². The molecule has 2 aromatic carbocycles. The number of pyridine rings is 1. The van der Waals surface area contributed by atoms with Gasteiger partial charge in [-0.15, -0.1) is 0 Å². The Bertz CT molecular complexity index is 1040. The highest BCUT2D eigenvalue weighted by molar-refractivity contribution is 5.90. The molecule has 29 heavy (non-hydrogen) atoms. The van der Waals surface area contributed by atoms with Crippen LogP contribution in [0.3, 0.4) is 0 Å². The van der Waals surface area contributed by atoms with E-state index in [1.165, 1.54) is 0 Å². The Morgan fingerprint density at radius 2 is 1.83 bits per heavy atom. The van der Waals surface area contributed by atoms with E-state index < -0.39 is 0 Å². The Hall–Kier alpha value is -3.48. The van der Waals surface area contributed by atoms with E-state index in [0.29, 0.717) is 19.6 Å². The van der Waals surface area contributed by atoms with Gasteiger partial charge in [0.2, 0.25) is 6.79 Å². The Balaban J connectivity index is 1.19. The fourth-order valence-corrected chi connectivity index (χ4v) is 3.83. The maximum absolute atomic E-state index is 12.6. The number of anilines is 1. The van der Waals surface area contributed by atoms with Gasteiger partial charge in [0.15, 0.2) is 11.5 Å². The fourth-order valence-electron chi connectivity index (χ4n) is 3.83. The molecular formula is C22H22N4O3. The molecule has 5 rings (SSSR count). The molecule has 3 heterocycles. The highest BCUT2D eigenvalue weighted by atomic mass is 16.7. The summed E-state index contributed by atoms with van der Waals surface area (Å²) in [7, 11) is 0. The van der Waals surface area contributed by atoms with Crippen LogP contribution >= 0.6 is 0 Å². The predicted molar refractivity (Wildman–Crippen MR) is 110 cm³/mol. The summed E-state index contributed by atoms with van der Waals surface area (Å²) in [5.41, 5.74) is 3.13. The highest BCUT2D eigenvalue weighted by Crippen LogP contribution is 2.32. The number of nitrogens with one attached hydrogen (secondary N) is 1. The van der Waals surface area contributed by atoms with E-state index in [1.54, 1.807) is 0 Å². The van der Waals surface area contributed by atoms with Gasteiger partial charge in [-0.3, -0.25) is 4.98 Å². The lowest BCUT2D eigenvalue weighted by Gasteiger charge is -2.36. The molecule has 1 saturated heterocycles. The number of para-hydroxylation sites is 1. The maximum atomic E-state index is 12.6. The molecule has 0 unspecified atom stereocenters. The molecule has 0 aliphatic carbocycles. The van der Waals surface area contributed by atoms with Gasteiger partial charge in [-0.05, 0) is 29.8 Å². The molecule has 0 atom stereocenters. The van der Waals surface area contributed by atoms with Gasteiger partial charge in [-0.1, -0.05) is 24.3 Å². The quantitative estimate of drug-likeness (QED) is 0.745. The molecule has 1 N–H and O–H groups in total. The minimum absolute atomic E-state index is 0.0432. The molecule has 3 aromatic rings. The summed E-state index contributed by atoms with van der Waals surface area (Å²) in [6.07, 6.45) is 1.83. The number of nitrogens with zero attached hydrogens (tertiary/aromatic N) is 3. The first kappa shape index (κ1) is 17.6. The average Bonchev–Trinajstić information content (AvgIpc) is 3.25. The Labute approximate surface area is 168 Å². The van der Waals surface area contributed by atoms with E-state index >= 15 is 0 Å². The molecule has 2 amide bonds. The van der Waals surface area contributed by atoms with Gasteiger partial charge in [-0.25, -0.2) is 4.79 Å². The van der Waals surface area contributed by atoms with Crippen LogP contribution in [0.5, 0.6) is 11.5 Å². The molecule has 0 bridgehead atoms. The number of fused-ring (bicyclic) bond motifs is 2. The van der Waals surface area contributed by atoms with Gasteiger partial charge in [0.1, 0.15) is 0 Å². The third-order valence-electron chi connectivity index (χ3n) is 5.40. The van der Waals surface area contributed by atoms with Crippen LogP contribution in [0.2, 0.25) is 0 Å². The number of rotatable bonds is 3. The third-order valence-corrected chi connectivity index (χ3v) is 5.40. The minimum atomic E-state index is -0.0432. The van der Waals surface area contributed by atoms with Crippen molar-refractivity contribution in [2.45, 2.75) is 6.54 Å². The number of carbonyl (C=O) groups is 1. The number of urea groups is 1. The minimum Gasteiger partial charge on any atom is -0.454 e. The Morgan fingerprint density at radius 3 is 2.72 bits per heavy atom. The second kappa shape index (κ2) is 7.50. The summed E-state index contributed by atoms with van der Waals surface area (Å²) < 4.78 is 10.7. The number of hydrogen-bond acceptors (Lipinski definition) is 5. The van der Waals surface area contributed by atoms with E-state index in [1.807, 2.05) is 35.4 Å². The molecule has 148 valence electrons. The first-order chi connectivity index (χ1) is 14.3. The van der Waals surface area contributed by atoms with Gasteiger partial charge in [0, 0.05) is 44.3 Å². The van der Waals surface area contributed by atoms with Crippen LogP contribution in [0.1, 0.15) is 5.56 Å². The van der Waals surface area contributed by atoms with Crippen LogP contribution in [0.15, 0.2) is 54.7 Å². The van der Waals surface area contributed by atoms with Crippen molar-refractivity contribution in [3.63, 3.8) is 0 Å². The van der Waals surface area contributed by atoms with Crippen molar-refractivity contribution in [3.8, 4) is 11.5 Å². The summed E-state index contributed by atoms with van der Waals surface area (Å²) >= 11 is 0. The number of aromatic nitrogens is 1. The second-order valence-electron chi connectivity index (χ2n) is 7.17. The lowest BCUT2D eigenvalue weighted by atomic mass is 10.1. The van der Waals surface area contributed by atoms with Crippen molar-refractivity contribution in [2.75, 3.05) is 37.9 Å². The zero-order chi connectivity index (χ0) is 19.6. The van der Waals surface area contributed by atoms with E-state index in [4.69, 9.17) is 9.47 Å². The molecule has 1 aromatic heterocycles. The zero-order valence-electron chi connectivity index (χ0n) is 16.0. The van der Waals surface area contributed by atoms with Gasteiger partial charge >= 0.3 is 6.03 Å². The van der Waals surface area contributed by atoms with Gasteiger partial charge < -0.3 is 24.6 Å². The van der Waals surface area contributed by atoms with Crippen LogP contribution in [0.25, 0.3) is 10.9 Å². The normalized spacial score (nSPS) is 15.6. The number of piperazine rings is 1. The van der Waals surface area contributed by atoms with Crippen molar-refractivity contribution in [3.05, 3.63) is 60.3 Å². The van der Waals surface area contributed by atoms with Gasteiger partial charge in [-0.2, -0.15) is 0 Å². The standard InChI is InChI=1S/C22H22N4O3/c27-22(24-14-16-6-7-19-20(13-16)29-15-28-19)26-11-9-25(10-12-26)18-5-1-3-17-4-2-8-23-21(17)18/h1-8,13H,9-12,14-15H2,(H,24,27). The highest BCUT2D eigenvalue weighted by Gasteiger charge is 2.22. The Kier molecular flexibility index (Phi) is 4.56. The van der Waals surface area contributed by atoms with E-state index in [0.717, 1.165) is 46.7 Å².